The van der Waals surface area contributed by atoms with E-state index in [1.165, 1.54) is 24.0 Å². The van der Waals surface area contributed by atoms with Crippen molar-refractivity contribution in [3.05, 3.63) is 29.3 Å². The highest BCUT2D eigenvalue weighted by molar-refractivity contribution is 5.35. The summed E-state index contributed by atoms with van der Waals surface area (Å²) in [5, 5.41) is 0. The zero-order chi connectivity index (χ0) is 13.5. The molecule has 0 aromatic heterocycles. The minimum absolute atomic E-state index is 0.658. The van der Waals surface area contributed by atoms with Crippen molar-refractivity contribution in [1.29, 1.82) is 0 Å². The van der Waals surface area contributed by atoms with E-state index in [-0.39, 0.29) is 0 Å². The monoisotopic (exact) mass is 249 g/mol. The molecule has 0 saturated carbocycles. The van der Waals surface area contributed by atoms with Gasteiger partial charge in [-0.1, -0.05) is 17.7 Å². The molecule has 0 saturated heterocycles. The summed E-state index contributed by atoms with van der Waals surface area (Å²) in [6.07, 6.45) is 3.60. The lowest BCUT2D eigenvalue weighted by molar-refractivity contribution is 0.269. The Balaban J connectivity index is 2.22. The van der Waals surface area contributed by atoms with Crippen LogP contribution in [0.2, 0.25) is 0 Å². The van der Waals surface area contributed by atoms with E-state index in [0.29, 0.717) is 6.04 Å². The van der Waals surface area contributed by atoms with Crippen molar-refractivity contribution in [1.82, 2.24) is 4.90 Å². The maximum Gasteiger partial charge on any atom is 0.122 e. The van der Waals surface area contributed by atoms with Gasteiger partial charge in [0.1, 0.15) is 5.75 Å². The topological polar surface area (TPSA) is 12.5 Å². The van der Waals surface area contributed by atoms with Crippen LogP contribution in [0.15, 0.2) is 18.2 Å². The molecule has 0 N–H and O–H groups in total. The number of hydrogen-bond acceptors (Lipinski definition) is 2. The van der Waals surface area contributed by atoms with Crippen LogP contribution in [0.4, 0.5) is 0 Å². The Labute approximate surface area is 112 Å². The highest BCUT2D eigenvalue weighted by atomic mass is 16.5. The number of nitrogens with zero attached hydrogens (tertiary/aromatic N) is 1. The van der Waals surface area contributed by atoms with E-state index in [1.54, 1.807) is 0 Å². The lowest BCUT2D eigenvalue weighted by Gasteiger charge is -2.19. The first-order chi connectivity index (χ1) is 8.50. The van der Waals surface area contributed by atoms with E-state index in [4.69, 9.17) is 4.74 Å². The number of unbranched alkanes of at least 4 members (excludes halogenated alkanes) is 1. The van der Waals surface area contributed by atoms with E-state index < -0.39 is 0 Å². The first kappa shape index (κ1) is 15.0. The van der Waals surface area contributed by atoms with Gasteiger partial charge >= 0.3 is 0 Å². The number of rotatable bonds is 7. The minimum Gasteiger partial charge on any atom is -0.493 e. The summed E-state index contributed by atoms with van der Waals surface area (Å²) in [4.78, 5) is 2.27. The van der Waals surface area contributed by atoms with Crippen LogP contribution in [0.5, 0.6) is 5.75 Å². The molecule has 1 unspecified atom stereocenters. The summed E-state index contributed by atoms with van der Waals surface area (Å²) in [6.45, 7) is 7.31. The molecule has 102 valence electrons. The summed E-state index contributed by atoms with van der Waals surface area (Å²) in [6, 6.07) is 7.01. The zero-order valence-corrected chi connectivity index (χ0v) is 12.5. The second-order valence-electron chi connectivity index (χ2n) is 5.43. The molecular formula is C16H27NO. The maximum absolute atomic E-state index is 5.82. The first-order valence-electron chi connectivity index (χ1n) is 6.87. The third-order valence-electron chi connectivity index (χ3n) is 3.49. The van der Waals surface area contributed by atoms with Crippen molar-refractivity contribution in [2.45, 2.75) is 46.1 Å². The molecular weight excluding hydrogens is 222 g/mol. The molecule has 0 fully saturated rings. The Bertz CT molecular complexity index is 360. The van der Waals surface area contributed by atoms with Gasteiger partial charge in [-0.2, -0.15) is 0 Å². The van der Waals surface area contributed by atoms with Crippen molar-refractivity contribution in [3.63, 3.8) is 0 Å². The van der Waals surface area contributed by atoms with E-state index in [9.17, 15) is 0 Å². The molecule has 0 bridgehead atoms. The van der Waals surface area contributed by atoms with Crippen LogP contribution in [0.25, 0.3) is 0 Å². The van der Waals surface area contributed by atoms with Crippen LogP contribution in [0.3, 0.4) is 0 Å². The normalized spacial score (nSPS) is 12.8. The average molecular weight is 249 g/mol. The summed E-state index contributed by atoms with van der Waals surface area (Å²) in [5.74, 6) is 1.03. The first-order valence-corrected chi connectivity index (χ1v) is 6.87. The van der Waals surface area contributed by atoms with Crippen molar-refractivity contribution in [2.75, 3.05) is 20.7 Å². The fourth-order valence-electron chi connectivity index (χ4n) is 1.94. The Hall–Kier alpha value is -1.02. The van der Waals surface area contributed by atoms with Crippen LogP contribution >= 0.6 is 0 Å². The standard InChI is InChI=1S/C16H27NO/c1-13-9-10-16(14(2)12-13)18-11-7-6-8-15(3)17(4)5/h9-10,12,15H,6-8,11H2,1-5H3. The lowest BCUT2D eigenvalue weighted by atomic mass is 10.1. The number of benzene rings is 1. The quantitative estimate of drug-likeness (QED) is 0.681. The second kappa shape index (κ2) is 7.42. The van der Waals surface area contributed by atoms with Gasteiger partial charge in [0.2, 0.25) is 0 Å². The fraction of sp³-hybridized carbons (Fsp3) is 0.625. The van der Waals surface area contributed by atoms with Crippen LogP contribution < -0.4 is 4.74 Å². The van der Waals surface area contributed by atoms with Gasteiger partial charge in [0.05, 0.1) is 6.61 Å². The van der Waals surface area contributed by atoms with Crippen molar-refractivity contribution in [3.8, 4) is 5.75 Å². The van der Waals surface area contributed by atoms with Crippen molar-refractivity contribution < 1.29 is 4.74 Å². The zero-order valence-electron chi connectivity index (χ0n) is 12.5. The molecule has 2 nitrogen and oxygen atoms in total. The van der Waals surface area contributed by atoms with Crippen molar-refractivity contribution in [2.24, 2.45) is 0 Å². The van der Waals surface area contributed by atoms with Gasteiger partial charge in [-0.05, 0) is 65.8 Å². The van der Waals surface area contributed by atoms with Gasteiger partial charge < -0.3 is 9.64 Å². The molecule has 0 radical (unpaired) electrons. The largest absolute Gasteiger partial charge is 0.493 e. The molecule has 0 aliphatic heterocycles. The van der Waals surface area contributed by atoms with E-state index in [0.717, 1.165) is 18.8 Å². The molecule has 0 aliphatic rings. The third-order valence-corrected chi connectivity index (χ3v) is 3.49. The van der Waals surface area contributed by atoms with Crippen LogP contribution in [-0.4, -0.2) is 31.6 Å². The molecule has 1 aromatic carbocycles. The van der Waals surface area contributed by atoms with Gasteiger partial charge in [-0.15, -0.1) is 0 Å². The smallest absolute Gasteiger partial charge is 0.122 e. The SMILES string of the molecule is Cc1ccc(OCCCCC(C)N(C)C)c(C)c1. The molecule has 0 amide bonds. The summed E-state index contributed by atoms with van der Waals surface area (Å²) < 4.78 is 5.82. The summed E-state index contributed by atoms with van der Waals surface area (Å²) in [7, 11) is 4.27. The molecule has 2 heteroatoms. The maximum atomic E-state index is 5.82. The highest BCUT2D eigenvalue weighted by Crippen LogP contribution is 2.19. The van der Waals surface area contributed by atoms with Crippen molar-refractivity contribution >= 4 is 0 Å². The Morgan fingerprint density at radius 1 is 1.17 bits per heavy atom. The highest BCUT2D eigenvalue weighted by Gasteiger charge is 2.04. The van der Waals surface area contributed by atoms with E-state index >= 15 is 0 Å². The van der Waals surface area contributed by atoms with Gasteiger partial charge in [-0.25, -0.2) is 0 Å². The Morgan fingerprint density at radius 2 is 1.89 bits per heavy atom. The molecule has 0 spiro atoms. The molecule has 1 rings (SSSR count). The Morgan fingerprint density at radius 3 is 2.50 bits per heavy atom. The lowest BCUT2D eigenvalue weighted by Crippen LogP contribution is -2.24. The number of hydrogen-bond donors (Lipinski definition) is 0. The predicted octanol–water partition coefficient (Wildman–Crippen LogP) is 3.80. The third kappa shape index (κ3) is 5.09. The van der Waals surface area contributed by atoms with Gasteiger partial charge in [0, 0.05) is 6.04 Å². The van der Waals surface area contributed by atoms with Gasteiger partial charge in [-0.3, -0.25) is 0 Å². The van der Waals surface area contributed by atoms with E-state index in [2.05, 4.69) is 58.0 Å². The second-order valence-corrected chi connectivity index (χ2v) is 5.43. The summed E-state index contributed by atoms with van der Waals surface area (Å²) >= 11 is 0. The van der Waals surface area contributed by atoms with Crippen LogP contribution in [0, 0.1) is 13.8 Å². The minimum atomic E-state index is 0.658. The Kier molecular flexibility index (Phi) is 6.20. The molecule has 0 aliphatic carbocycles. The molecule has 0 heterocycles. The van der Waals surface area contributed by atoms with Crippen LogP contribution in [-0.2, 0) is 0 Å². The molecule has 18 heavy (non-hydrogen) atoms. The molecule has 1 aromatic rings. The number of ether oxygens (including phenoxy) is 1. The molecule has 1 atom stereocenters. The van der Waals surface area contributed by atoms with E-state index in [1.807, 2.05) is 0 Å². The number of aryl methyl sites for hydroxylation is 2. The van der Waals surface area contributed by atoms with Gasteiger partial charge in [0.25, 0.3) is 0 Å². The summed E-state index contributed by atoms with van der Waals surface area (Å²) in [5.41, 5.74) is 2.52. The predicted molar refractivity (Wildman–Crippen MR) is 78.4 cm³/mol. The fourth-order valence-corrected chi connectivity index (χ4v) is 1.94. The van der Waals surface area contributed by atoms with Gasteiger partial charge in [0.15, 0.2) is 0 Å². The average Bonchev–Trinajstić information content (AvgIpc) is 2.30. The van der Waals surface area contributed by atoms with Crippen LogP contribution in [0.1, 0.15) is 37.3 Å².